The predicted molar refractivity (Wildman–Crippen MR) is 91.5 cm³/mol. The minimum atomic E-state index is -1.09. The van der Waals surface area contributed by atoms with Gasteiger partial charge in [-0.25, -0.2) is 14.0 Å². The molecule has 1 amide bonds. The Hall–Kier alpha value is -2.54. The number of thioether (sulfide) groups is 1. The van der Waals surface area contributed by atoms with Gasteiger partial charge in [-0.3, -0.25) is 4.90 Å². The molecule has 0 saturated carbocycles. The van der Waals surface area contributed by atoms with Gasteiger partial charge in [0.15, 0.2) is 0 Å². The lowest BCUT2D eigenvalue weighted by atomic mass is 10.2. The number of benzene rings is 2. The van der Waals surface area contributed by atoms with Gasteiger partial charge in [0.2, 0.25) is 0 Å². The molecule has 0 radical (unpaired) electrons. The van der Waals surface area contributed by atoms with Gasteiger partial charge in [-0.05, 0) is 23.3 Å². The molecule has 1 saturated heterocycles. The lowest BCUT2D eigenvalue weighted by Gasteiger charge is -2.26. The highest BCUT2D eigenvalue weighted by molar-refractivity contribution is 7.99. The zero-order valence-electron chi connectivity index (χ0n) is 13.2. The average Bonchev–Trinajstić information content (AvgIpc) is 3.06. The van der Waals surface area contributed by atoms with E-state index in [9.17, 15) is 19.1 Å². The molecule has 2 aromatic carbocycles. The third-order valence-electron chi connectivity index (χ3n) is 3.86. The van der Waals surface area contributed by atoms with E-state index in [-0.39, 0.29) is 18.2 Å². The Morgan fingerprint density at radius 2 is 1.84 bits per heavy atom. The maximum atomic E-state index is 13.1. The molecule has 25 heavy (non-hydrogen) atoms. The number of carboxylic acid groups (broad SMARTS) is 1. The second-order valence-electron chi connectivity index (χ2n) is 5.54. The average molecular weight is 361 g/mol. The van der Waals surface area contributed by atoms with Crippen molar-refractivity contribution in [2.45, 2.75) is 18.0 Å². The zero-order chi connectivity index (χ0) is 17.8. The largest absolute Gasteiger partial charge is 0.480 e. The Balaban J connectivity index is 1.78. The molecule has 0 bridgehead atoms. The first-order valence-electron chi connectivity index (χ1n) is 7.65. The zero-order valence-corrected chi connectivity index (χ0v) is 14.0. The molecule has 2 atom stereocenters. The minimum Gasteiger partial charge on any atom is -0.480 e. The molecule has 130 valence electrons. The first-order chi connectivity index (χ1) is 12.1. The van der Waals surface area contributed by atoms with Crippen LogP contribution in [0, 0.1) is 5.82 Å². The van der Waals surface area contributed by atoms with Gasteiger partial charge in [0.25, 0.3) is 0 Å². The van der Waals surface area contributed by atoms with Crippen LogP contribution in [-0.4, -0.2) is 33.9 Å². The van der Waals surface area contributed by atoms with E-state index >= 15 is 0 Å². The number of amides is 1. The van der Waals surface area contributed by atoms with Crippen LogP contribution in [0.2, 0.25) is 0 Å². The second-order valence-corrected chi connectivity index (χ2v) is 6.65. The molecular weight excluding hydrogens is 345 g/mol. The summed E-state index contributed by atoms with van der Waals surface area (Å²) in [5.74, 6) is -1.23. The van der Waals surface area contributed by atoms with E-state index in [1.165, 1.54) is 28.8 Å². The topological polar surface area (TPSA) is 66.8 Å². The molecule has 7 heteroatoms. The Labute approximate surface area is 148 Å². The summed E-state index contributed by atoms with van der Waals surface area (Å²) in [6.45, 7) is 0.0588. The van der Waals surface area contributed by atoms with Gasteiger partial charge < -0.3 is 9.84 Å². The Kier molecular flexibility index (Phi) is 5.23. The van der Waals surface area contributed by atoms with Gasteiger partial charge in [-0.1, -0.05) is 42.5 Å². The molecule has 0 spiro atoms. The first-order valence-corrected chi connectivity index (χ1v) is 8.70. The fourth-order valence-electron chi connectivity index (χ4n) is 2.60. The van der Waals surface area contributed by atoms with Gasteiger partial charge in [0.05, 0.1) is 0 Å². The summed E-state index contributed by atoms with van der Waals surface area (Å²) in [6, 6.07) is 13.8. The van der Waals surface area contributed by atoms with Crippen LogP contribution in [0.5, 0.6) is 0 Å². The monoisotopic (exact) mass is 361 g/mol. The third-order valence-corrected chi connectivity index (χ3v) is 5.18. The van der Waals surface area contributed by atoms with Crippen molar-refractivity contribution >= 4 is 23.8 Å². The Morgan fingerprint density at radius 1 is 1.16 bits per heavy atom. The number of carbonyl (C=O) groups excluding carboxylic acids is 1. The number of halogens is 1. The van der Waals surface area contributed by atoms with Gasteiger partial charge in [-0.2, -0.15) is 0 Å². The van der Waals surface area contributed by atoms with Crippen LogP contribution in [0.3, 0.4) is 0 Å². The summed E-state index contributed by atoms with van der Waals surface area (Å²) in [4.78, 5) is 25.2. The molecule has 1 unspecified atom stereocenters. The SMILES string of the molecule is O=C(O)C1CS[C@H](c2ccc(F)cc2)N1C(=O)OCc1ccccc1. The number of nitrogens with zero attached hydrogens (tertiary/aromatic N) is 1. The molecule has 1 aliphatic rings. The molecule has 1 heterocycles. The number of aliphatic carboxylic acids is 1. The van der Waals surface area contributed by atoms with Crippen LogP contribution in [0.25, 0.3) is 0 Å². The molecule has 0 aromatic heterocycles. The minimum absolute atomic E-state index is 0.0588. The van der Waals surface area contributed by atoms with Crippen LogP contribution < -0.4 is 0 Å². The van der Waals surface area contributed by atoms with E-state index in [1.54, 1.807) is 12.1 Å². The van der Waals surface area contributed by atoms with Gasteiger partial charge in [-0.15, -0.1) is 11.8 Å². The summed E-state index contributed by atoms with van der Waals surface area (Å²) in [5, 5.41) is 8.88. The standard InChI is InChI=1S/C18H16FNO4S/c19-14-8-6-13(7-9-14)16-20(15(11-25-16)17(21)22)18(23)24-10-12-4-2-1-3-5-12/h1-9,15-16H,10-11H2,(H,21,22)/t15?,16-/m1/s1. The fraction of sp³-hybridized carbons (Fsp3) is 0.222. The summed E-state index contributed by atoms with van der Waals surface area (Å²) < 4.78 is 18.4. The predicted octanol–water partition coefficient (Wildman–Crippen LogP) is 3.66. The number of hydrogen-bond acceptors (Lipinski definition) is 4. The Bertz CT molecular complexity index is 753. The van der Waals surface area contributed by atoms with Crippen molar-refractivity contribution in [1.82, 2.24) is 4.90 Å². The lowest BCUT2D eigenvalue weighted by Crippen LogP contribution is -2.43. The van der Waals surface area contributed by atoms with Gasteiger partial charge >= 0.3 is 12.1 Å². The van der Waals surface area contributed by atoms with E-state index in [4.69, 9.17) is 4.74 Å². The number of carboxylic acids is 1. The first kappa shape index (κ1) is 17.3. The summed E-state index contributed by atoms with van der Waals surface area (Å²) in [5.41, 5.74) is 1.47. The highest BCUT2D eigenvalue weighted by atomic mass is 32.2. The van der Waals surface area contributed by atoms with Crippen molar-refractivity contribution < 1.29 is 23.8 Å². The van der Waals surface area contributed by atoms with E-state index in [0.717, 1.165) is 5.56 Å². The van der Waals surface area contributed by atoms with Crippen LogP contribution >= 0.6 is 11.8 Å². The maximum Gasteiger partial charge on any atom is 0.412 e. The number of carbonyl (C=O) groups is 2. The number of hydrogen-bond donors (Lipinski definition) is 1. The molecule has 2 aromatic rings. The molecule has 3 rings (SSSR count). The Morgan fingerprint density at radius 3 is 2.48 bits per heavy atom. The number of rotatable bonds is 4. The van der Waals surface area contributed by atoms with E-state index < -0.39 is 23.5 Å². The molecule has 1 aliphatic heterocycles. The van der Waals surface area contributed by atoms with Gasteiger partial charge in [0.1, 0.15) is 23.8 Å². The van der Waals surface area contributed by atoms with Crippen LogP contribution in [-0.2, 0) is 16.1 Å². The highest BCUT2D eigenvalue weighted by Crippen LogP contribution is 2.41. The van der Waals surface area contributed by atoms with E-state index in [1.807, 2.05) is 30.3 Å². The van der Waals surface area contributed by atoms with Gasteiger partial charge in [0, 0.05) is 5.75 Å². The lowest BCUT2D eigenvalue weighted by molar-refractivity contribution is -0.141. The van der Waals surface area contributed by atoms with E-state index in [2.05, 4.69) is 0 Å². The highest BCUT2D eigenvalue weighted by Gasteiger charge is 2.43. The molecule has 0 aliphatic carbocycles. The molecule has 5 nitrogen and oxygen atoms in total. The third kappa shape index (κ3) is 3.93. The van der Waals surface area contributed by atoms with Crippen molar-refractivity contribution in [3.8, 4) is 0 Å². The second kappa shape index (κ2) is 7.57. The van der Waals surface area contributed by atoms with E-state index in [0.29, 0.717) is 5.56 Å². The van der Waals surface area contributed by atoms with Crippen molar-refractivity contribution in [3.63, 3.8) is 0 Å². The van der Waals surface area contributed by atoms with Crippen LogP contribution in [0.1, 0.15) is 16.5 Å². The molecule has 1 N–H and O–H groups in total. The maximum absolute atomic E-state index is 13.1. The fourth-order valence-corrected chi connectivity index (χ4v) is 4.01. The molecular formula is C18H16FNO4S. The van der Waals surface area contributed by atoms with Crippen molar-refractivity contribution in [2.75, 3.05) is 5.75 Å². The van der Waals surface area contributed by atoms with Crippen molar-refractivity contribution in [1.29, 1.82) is 0 Å². The molecule has 1 fully saturated rings. The number of ether oxygens (including phenoxy) is 1. The summed E-state index contributed by atoms with van der Waals surface area (Å²) in [6.07, 6.45) is -0.699. The smallest absolute Gasteiger partial charge is 0.412 e. The van der Waals surface area contributed by atoms with Crippen LogP contribution in [0.15, 0.2) is 54.6 Å². The van der Waals surface area contributed by atoms with Crippen molar-refractivity contribution in [2.24, 2.45) is 0 Å². The quantitative estimate of drug-likeness (QED) is 0.900. The normalized spacial score (nSPS) is 19.6. The van der Waals surface area contributed by atoms with Crippen molar-refractivity contribution in [3.05, 3.63) is 71.5 Å². The van der Waals surface area contributed by atoms with Crippen LogP contribution in [0.4, 0.5) is 9.18 Å². The summed E-state index contributed by atoms with van der Waals surface area (Å²) in [7, 11) is 0. The summed E-state index contributed by atoms with van der Waals surface area (Å²) >= 11 is 1.32.